The first-order valence-corrected chi connectivity index (χ1v) is 4.14. The maximum absolute atomic E-state index is 8.51. The molecule has 0 spiro atoms. The zero-order chi connectivity index (χ0) is 9.84. The average Bonchev–Trinajstić information content (AvgIpc) is 2.04. The van der Waals surface area contributed by atoms with E-state index < -0.39 is 0 Å². The van der Waals surface area contributed by atoms with E-state index in [0.29, 0.717) is 12.1 Å². The standard InChI is InChI=1S/C10H13N3/c1-7-3-2-4-8(12)10(7)9(13)5-6-11/h2-4,9H,5,12-13H2,1H3/t9-/m1/s1. The molecule has 13 heavy (non-hydrogen) atoms. The Labute approximate surface area is 78.0 Å². The van der Waals surface area contributed by atoms with Gasteiger partial charge in [-0.25, -0.2) is 0 Å². The van der Waals surface area contributed by atoms with Crippen molar-refractivity contribution in [3.05, 3.63) is 29.3 Å². The van der Waals surface area contributed by atoms with Crippen LogP contribution in [0.3, 0.4) is 0 Å². The second-order valence-electron chi connectivity index (χ2n) is 3.05. The summed E-state index contributed by atoms with van der Waals surface area (Å²) in [6.45, 7) is 1.95. The zero-order valence-electron chi connectivity index (χ0n) is 7.62. The van der Waals surface area contributed by atoms with E-state index in [1.54, 1.807) is 6.07 Å². The minimum absolute atomic E-state index is 0.272. The maximum Gasteiger partial charge on any atom is 0.0641 e. The summed E-state index contributed by atoms with van der Waals surface area (Å²) in [7, 11) is 0. The summed E-state index contributed by atoms with van der Waals surface area (Å²) in [6, 6.07) is 7.40. The van der Waals surface area contributed by atoms with Gasteiger partial charge in [0.2, 0.25) is 0 Å². The van der Waals surface area contributed by atoms with E-state index in [9.17, 15) is 0 Å². The molecule has 0 fully saturated rings. The number of nitrogen functional groups attached to an aromatic ring is 1. The first kappa shape index (κ1) is 9.56. The fourth-order valence-electron chi connectivity index (χ4n) is 1.41. The summed E-state index contributed by atoms with van der Waals surface area (Å²) in [5, 5.41) is 8.51. The molecule has 0 aliphatic rings. The van der Waals surface area contributed by atoms with Crippen LogP contribution in [0.25, 0.3) is 0 Å². The molecule has 1 aromatic carbocycles. The fraction of sp³-hybridized carbons (Fsp3) is 0.300. The van der Waals surface area contributed by atoms with E-state index in [0.717, 1.165) is 11.1 Å². The van der Waals surface area contributed by atoms with Crippen molar-refractivity contribution in [2.45, 2.75) is 19.4 Å². The van der Waals surface area contributed by atoms with Crippen LogP contribution in [0.2, 0.25) is 0 Å². The summed E-state index contributed by atoms with van der Waals surface area (Å²) in [5.74, 6) is 0. The lowest BCUT2D eigenvalue weighted by molar-refractivity contribution is 0.745. The SMILES string of the molecule is Cc1cccc(N)c1[C@H](N)CC#N. The van der Waals surface area contributed by atoms with E-state index in [1.807, 2.05) is 25.1 Å². The summed E-state index contributed by atoms with van der Waals surface area (Å²) >= 11 is 0. The molecule has 0 bridgehead atoms. The van der Waals surface area contributed by atoms with Gasteiger partial charge in [0.15, 0.2) is 0 Å². The Morgan fingerprint density at radius 1 is 1.54 bits per heavy atom. The van der Waals surface area contributed by atoms with Crippen LogP contribution in [-0.4, -0.2) is 0 Å². The second kappa shape index (κ2) is 3.92. The lowest BCUT2D eigenvalue weighted by Gasteiger charge is -2.13. The Morgan fingerprint density at radius 2 is 2.23 bits per heavy atom. The number of nitriles is 1. The van der Waals surface area contributed by atoms with Gasteiger partial charge in [-0.3, -0.25) is 0 Å². The van der Waals surface area contributed by atoms with Crippen molar-refractivity contribution in [3.8, 4) is 6.07 Å². The van der Waals surface area contributed by atoms with Gasteiger partial charge >= 0.3 is 0 Å². The molecule has 1 aromatic rings. The van der Waals surface area contributed by atoms with Crippen LogP contribution in [0.15, 0.2) is 18.2 Å². The van der Waals surface area contributed by atoms with Crippen LogP contribution in [0.4, 0.5) is 5.69 Å². The topological polar surface area (TPSA) is 75.8 Å². The Balaban J connectivity index is 3.06. The van der Waals surface area contributed by atoms with Crippen molar-refractivity contribution in [1.82, 2.24) is 0 Å². The quantitative estimate of drug-likeness (QED) is 0.668. The van der Waals surface area contributed by atoms with E-state index in [-0.39, 0.29) is 6.04 Å². The van der Waals surface area contributed by atoms with Gasteiger partial charge in [-0.05, 0) is 24.1 Å². The number of nitrogens with two attached hydrogens (primary N) is 2. The summed E-state index contributed by atoms with van der Waals surface area (Å²) in [5.41, 5.74) is 14.2. The minimum atomic E-state index is -0.272. The lowest BCUT2D eigenvalue weighted by atomic mass is 9.98. The molecule has 0 aromatic heterocycles. The van der Waals surface area contributed by atoms with Crippen molar-refractivity contribution >= 4 is 5.69 Å². The Kier molecular flexibility index (Phi) is 2.88. The molecule has 0 saturated carbocycles. The van der Waals surface area contributed by atoms with Crippen molar-refractivity contribution in [2.24, 2.45) is 5.73 Å². The van der Waals surface area contributed by atoms with E-state index in [2.05, 4.69) is 0 Å². The molecule has 0 heterocycles. The van der Waals surface area contributed by atoms with Crippen molar-refractivity contribution in [1.29, 1.82) is 5.26 Å². The van der Waals surface area contributed by atoms with Crippen LogP contribution in [0.5, 0.6) is 0 Å². The summed E-state index contributed by atoms with van der Waals surface area (Å²) < 4.78 is 0. The van der Waals surface area contributed by atoms with Crippen molar-refractivity contribution in [2.75, 3.05) is 5.73 Å². The molecule has 0 aliphatic heterocycles. The molecule has 0 radical (unpaired) electrons. The number of anilines is 1. The molecule has 68 valence electrons. The molecule has 3 nitrogen and oxygen atoms in total. The van der Waals surface area contributed by atoms with Gasteiger partial charge in [0, 0.05) is 11.7 Å². The van der Waals surface area contributed by atoms with Crippen LogP contribution < -0.4 is 11.5 Å². The third-order valence-corrected chi connectivity index (χ3v) is 2.04. The Morgan fingerprint density at radius 3 is 2.77 bits per heavy atom. The molecular formula is C10H13N3. The zero-order valence-corrected chi connectivity index (χ0v) is 7.62. The van der Waals surface area contributed by atoms with E-state index in [1.165, 1.54) is 0 Å². The monoisotopic (exact) mass is 175 g/mol. The van der Waals surface area contributed by atoms with Gasteiger partial charge in [0.25, 0.3) is 0 Å². The largest absolute Gasteiger partial charge is 0.398 e. The normalized spacial score (nSPS) is 12.1. The predicted octanol–water partition coefficient (Wildman–Crippen LogP) is 1.49. The van der Waals surface area contributed by atoms with Gasteiger partial charge in [0.1, 0.15) is 0 Å². The third kappa shape index (κ3) is 1.98. The second-order valence-corrected chi connectivity index (χ2v) is 3.05. The highest BCUT2D eigenvalue weighted by Crippen LogP contribution is 2.24. The number of hydrogen-bond donors (Lipinski definition) is 2. The molecular weight excluding hydrogens is 162 g/mol. The molecule has 0 aliphatic carbocycles. The Bertz CT molecular complexity index is 318. The van der Waals surface area contributed by atoms with Gasteiger partial charge < -0.3 is 11.5 Å². The number of nitrogens with zero attached hydrogens (tertiary/aromatic N) is 1. The molecule has 4 N–H and O–H groups in total. The molecule has 1 rings (SSSR count). The molecule has 3 heteroatoms. The summed E-state index contributed by atoms with van der Waals surface area (Å²) in [6.07, 6.45) is 0.301. The van der Waals surface area contributed by atoms with Gasteiger partial charge in [-0.2, -0.15) is 5.26 Å². The minimum Gasteiger partial charge on any atom is -0.398 e. The van der Waals surface area contributed by atoms with Crippen molar-refractivity contribution in [3.63, 3.8) is 0 Å². The van der Waals surface area contributed by atoms with Crippen LogP contribution in [0, 0.1) is 18.3 Å². The molecule has 0 amide bonds. The van der Waals surface area contributed by atoms with Gasteiger partial charge in [-0.1, -0.05) is 12.1 Å². The lowest BCUT2D eigenvalue weighted by Crippen LogP contribution is -2.13. The number of benzene rings is 1. The highest BCUT2D eigenvalue weighted by Gasteiger charge is 2.10. The van der Waals surface area contributed by atoms with Gasteiger partial charge in [-0.15, -0.1) is 0 Å². The van der Waals surface area contributed by atoms with Crippen LogP contribution >= 0.6 is 0 Å². The number of aryl methyl sites for hydroxylation is 1. The van der Waals surface area contributed by atoms with E-state index >= 15 is 0 Å². The smallest absolute Gasteiger partial charge is 0.0641 e. The number of rotatable bonds is 2. The highest BCUT2D eigenvalue weighted by molar-refractivity contribution is 5.52. The first-order valence-electron chi connectivity index (χ1n) is 4.14. The predicted molar refractivity (Wildman–Crippen MR) is 52.7 cm³/mol. The number of hydrogen-bond acceptors (Lipinski definition) is 3. The highest BCUT2D eigenvalue weighted by atomic mass is 14.7. The summed E-state index contributed by atoms with van der Waals surface area (Å²) in [4.78, 5) is 0. The fourth-order valence-corrected chi connectivity index (χ4v) is 1.41. The van der Waals surface area contributed by atoms with Crippen LogP contribution in [-0.2, 0) is 0 Å². The third-order valence-electron chi connectivity index (χ3n) is 2.04. The molecule has 0 unspecified atom stereocenters. The van der Waals surface area contributed by atoms with Crippen molar-refractivity contribution < 1.29 is 0 Å². The van der Waals surface area contributed by atoms with Crippen LogP contribution in [0.1, 0.15) is 23.6 Å². The first-order chi connectivity index (χ1) is 6.16. The average molecular weight is 175 g/mol. The maximum atomic E-state index is 8.51. The Hall–Kier alpha value is -1.53. The van der Waals surface area contributed by atoms with E-state index in [4.69, 9.17) is 16.7 Å². The van der Waals surface area contributed by atoms with Gasteiger partial charge in [0.05, 0.1) is 12.5 Å². The molecule has 0 saturated heterocycles. The molecule has 1 atom stereocenters.